The van der Waals surface area contributed by atoms with E-state index in [1.165, 1.54) is 6.92 Å². The first-order valence-electron chi connectivity index (χ1n) is 3.32. The number of aliphatic hydroxyl groups is 1. The van der Waals surface area contributed by atoms with Crippen LogP contribution >= 0.6 is 0 Å². The number of rotatable bonds is 3. The largest absolute Gasteiger partial charge is 0.384 e. The van der Waals surface area contributed by atoms with Crippen LogP contribution in [0.2, 0.25) is 0 Å². The molecule has 0 aliphatic rings. The minimum Gasteiger partial charge on any atom is -0.384 e. The fourth-order valence-corrected chi connectivity index (χ4v) is 0.405. The maximum Gasteiger partial charge on any atom is 0.249 e. The predicted molar refractivity (Wildman–Crippen MR) is 38.1 cm³/mol. The van der Waals surface area contributed by atoms with Gasteiger partial charge in [0, 0.05) is 0 Å². The van der Waals surface area contributed by atoms with Crippen LogP contribution in [-0.4, -0.2) is 23.3 Å². The van der Waals surface area contributed by atoms with Gasteiger partial charge in [0.1, 0.15) is 6.10 Å². The van der Waals surface area contributed by atoms with E-state index in [0.29, 0.717) is 6.42 Å². The van der Waals surface area contributed by atoms with Crippen LogP contribution in [-0.2, 0) is 4.79 Å². The van der Waals surface area contributed by atoms with E-state index in [1.807, 2.05) is 6.92 Å². The summed E-state index contributed by atoms with van der Waals surface area (Å²) in [5.74, 6) is -0.422. The van der Waals surface area contributed by atoms with Crippen LogP contribution in [0.5, 0.6) is 0 Å². The van der Waals surface area contributed by atoms with Gasteiger partial charge in [0.15, 0.2) is 0 Å². The Balaban J connectivity index is 3.57. The Morgan fingerprint density at radius 3 is 2.60 bits per heavy atom. The summed E-state index contributed by atoms with van der Waals surface area (Å²) < 4.78 is 0. The summed E-state index contributed by atoms with van der Waals surface area (Å²) in [4.78, 5) is 10.7. The number of carbonyl (C=O) groups is 1. The van der Waals surface area contributed by atoms with Gasteiger partial charge in [-0.2, -0.15) is 0 Å². The molecule has 0 saturated carbocycles. The third kappa shape index (κ3) is 3.42. The van der Waals surface area contributed by atoms with Crippen molar-refractivity contribution in [2.45, 2.75) is 32.5 Å². The van der Waals surface area contributed by atoms with E-state index in [9.17, 15) is 4.79 Å². The molecule has 0 rings (SSSR count). The molecule has 0 saturated heterocycles. The van der Waals surface area contributed by atoms with Gasteiger partial charge in [0.05, 0.1) is 6.17 Å². The predicted octanol–water partition coefficient (Wildman–Crippen LogP) is -0.822. The quantitative estimate of drug-likeness (QED) is 0.455. The summed E-state index contributed by atoms with van der Waals surface area (Å²) in [6.07, 6.45) is -0.655. The van der Waals surface area contributed by atoms with Crippen molar-refractivity contribution in [1.29, 1.82) is 0 Å². The minimum atomic E-state index is -0.974. The van der Waals surface area contributed by atoms with Crippen LogP contribution in [0.3, 0.4) is 0 Å². The lowest BCUT2D eigenvalue weighted by Gasteiger charge is -2.12. The summed E-state index contributed by atoms with van der Waals surface area (Å²) >= 11 is 0. The fourth-order valence-electron chi connectivity index (χ4n) is 0.405. The highest BCUT2D eigenvalue weighted by atomic mass is 16.3. The van der Waals surface area contributed by atoms with Gasteiger partial charge in [-0.05, 0) is 13.3 Å². The van der Waals surface area contributed by atoms with Crippen LogP contribution in [0.4, 0.5) is 0 Å². The number of hydrogen-bond acceptors (Lipinski definition) is 3. The van der Waals surface area contributed by atoms with Crippen LogP contribution < -0.4 is 11.1 Å². The SMILES string of the molecule is CCC(N)NC(=O)C(C)O. The molecule has 0 bridgehead atoms. The molecule has 1 amide bonds. The Kier molecular flexibility index (Phi) is 3.99. The molecule has 0 spiro atoms. The molecule has 0 aliphatic heterocycles. The normalized spacial score (nSPS) is 16.0. The molecular formula is C6H14N2O2. The lowest BCUT2D eigenvalue weighted by atomic mass is 10.3. The second kappa shape index (κ2) is 4.24. The lowest BCUT2D eigenvalue weighted by Crippen LogP contribution is -2.44. The molecule has 4 N–H and O–H groups in total. The van der Waals surface area contributed by atoms with Crippen molar-refractivity contribution in [2.75, 3.05) is 0 Å². The van der Waals surface area contributed by atoms with Gasteiger partial charge in [-0.15, -0.1) is 0 Å². The van der Waals surface area contributed by atoms with E-state index >= 15 is 0 Å². The Morgan fingerprint density at radius 2 is 2.30 bits per heavy atom. The molecule has 0 aromatic rings. The molecule has 10 heavy (non-hydrogen) atoms. The van der Waals surface area contributed by atoms with E-state index in [0.717, 1.165) is 0 Å². The van der Waals surface area contributed by atoms with E-state index < -0.39 is 12.0 Å². The zero-order valence-electron chi connectivity index (χ0n) is 6.29. The summed E-state index contributed by atoms with van der Waals surface area (Å²) in [5.41, 5.74) is 5.37. The van der Waals surface area contributed by atoms with Gasteiger partial charge in [-0.3, -0.25) is 4.79 Å². The number of nitrogens with two attached hydrogens (primary N) is 1. The van der Waals surface area contributed by atoms with Gasteiger partial charge in [0.2, 0.25) is 5.91 Å². The van der Waals surface area contributed by atoms with Crippen molar-refractivity contribution in [3.8, 4) is 0 Å². The maximum absolute atomic E-state index is 10.7. The van der Waals surface area contributed by atoms with Gasteiger partial charge in [0.25, 0.3) is 0 Å². The standard InChI is InChI=1S/C6H14N2O2/c1-3-5(7)8-6(10)4(2)9/h4-5,9H,3,7H2,1-2H3,(H,8,10). The van der Waals surface area contributed by atoms with Crippen molar-refractivity contribution in [2.24, 2.45) is 5.73 Å². The highest BCUT2D eigenvalue weighted by molar-refractivity contribution is 5.80. The number of amides is 1. The Hall–Kier alpha value is -0.610. The van der Waals surface area contributed by atoms with Crippen molar-refractivity contribution in [3.63, 3.8) is 0 Å². The Labute approximate surface area is 60.4 Å². The van der Waals surface area contributed by atoms with E-state index in [1.54, 1.807) is 0 Å². The molecule has 0 radical (unpaired) electrons. The van der Waals surface area contributed by atoms with Crippen molar-refractivity contribution >= 4 is 5.91 Å². The third-order valence-corrected chi connectivity index (χ3v) is 1.15. The van der Waals surface area contributed by atoms with Gasteiger partial charge in [-0.1, -0.05) is 6.92 Å². The Morgan fingerprint density at radius 1 is 1.80 bits per heavy atom. The second-order valence-electron chi connectivity index (χ2n) is 2.20. The molecule has 0 aromatic carbocycles. The summed E-state index contributed by atoms with van der Waals surface area (Å²) in [5, 5.41) is 11.1. The Bertz CT molecular complexity index is 114. The molecule has 0 fully saturated rings. The molecule has 60 valence electrons. The zero-order chi connectivity index (χ0) is 8.15. The monoisotopic (exact) mass is 146 g/mol. The molecule has 4 heteroatoms. The fraction of sp³-hybridized carbons (Fsp3) is 0.833. The van der Waals surface area contributed by atoms with Crippen LogP contribution in [0.25, 0.3) is 0 Å². The maximum atomic E-state index is 10.7. The molecule has 2 atom stereocenters. The average molecular weight is 146 g/mol. The highest BCUT2D eigenvalue weighted by Crippen LogP contribution is 1.83. The van der Waals surface area contributed by atoms with Crippen molar-refractivity contribution in [1.82, 2.24) is 5.32 Å². The smallest absolute Gasteiger partial charge is 0.249 e. The highest BCUT2D eigenvalue weighted by Gasteiger charge is 2.09. The van der Waals surface area contributed by atoms with Gasteiger partial charge < -0.3 is 16.2 Å². The first-order valence-corrected chi connectivity index (χ1v) is 3.32. The summed E-state index contributed by atoms with van der Waals surface area (Å²) in [6.45, 7) is 3.25. The number of aliphatic hydroxyl groups excluding tert-OH is 1. The zero-order valence-corrected chi connectivity index (χ0v) is 6.29. The van der Waals surface area contributed by atoms with Gasteiger partial charge in [-0.25, -0.2) is 0 Å². The van der Waals surface area contributed by atoms with Crippen LogP contribution in [0, 0.1) is 0 Å². The second-order valence-corrected chi connectivity index (χ2v) is 2.20. The van der Waals surface area contributed by atoms with E-state index in [4.69, 9.17) is 10.8 Å². The first-order chi connectivity index (χ1) is 4.57. The molecular weight excluding hydrogens is 132 g/mol. The molecule has 0 aromatic heterocycles. The van der Waals surface area contributed by atoms with Gasteiger partial charge >= 0.3 is 0 Å². The summed E-state index contributed by atoms with van der Waals surface area (Å²) in [7, 11) is 0. The average Bonchev–Trinajstić information content (AvgIpc) is 1.87. The minimum absolute atomic E-state index is 0.345. The number of hydrogen-bond donors (Lipinski definition) is 3. The number of nitrogens with one attached hydrogen (secondary N) is 1. The number of carbonyl (C=O) groups excluding carboxylic acids is 1. The molecule has 2 unspecified atom stereocenters. The third-order valence-electron chi connectivity index (χ3n) is 1.15. The van der Waals surface area contributed by atoms with Crippen LogP contribution in [0.15, 0.2) is 0 Å². The van der Waals surface area contributed by atoms with Crippen LogP contribution in [0.1, 0.15) is 20.3 Å². The summed E-state index contributed by atoms with van der Waals surface area (Å²) in [6, 6.07) is 0. The lowest BCUT2D eigenvalue weighted by molar-refractivity contribution is -0.129. The molecule has 4 nitrogen and oxygen atoms in total. The molecule has 0 aliphatic carbocycles. The molecule has 0 heterocycles. The first kappa shape index (κ1) is 9.39. The van der Waals surface area contributed by atoms with Crippen molar-refractivity contribution < 1.29 is 9.90 Å². The van der Waals surface area contributed by atoms with E-state index in [2.05, 4.69) is 5.32 Å². The topological polar surface area (TPSA) is 75.3 Å². The van der Waals surface area contributed by atoms with Crippen molar-refractivity contribution in [3.05, 3.63) is 0 Å². The van der Waals surface area contributed by atoms with E-state index in [-0.39, 0.29) is 6.17 Å².